The van der Waals surface area contributed by atoms with E-state index in [1.165, 1.54) is 39.5 Å². The summed E-state index contributed by atoms with van der Waals surface area (Å²) >= 11 is 0. The van der Waals surface area contributed by atoms with Gasteiger partial charge in [-0.25, -0.2) is 0 Å². The fourth-order valence-electron chi connectivity index (χ4n) is 3.20. The molecule has 0 radical (unpaired) electrons. The first-order valence-corrected chi connectivity index (χ1v) is 7.20. The van der Waals surface area contributed by atoms with E-state index in [2.05, 4.69) is 72.8 Å². The molecule has 4 rings (SSSR count). The van der Waals surface area contributed by atoms with Gasteiger partial charge in [-0.15, -0.1) is 0 Å². The van der Waals surface area contributed by atoms with E-state index in [1.54, 1.807) is 0 Å². The Bertz CT molecular complexity index is 792. The van der Waals surface area contributed by atoms with Crippen LogP contribution in [0.25, 0.3) is 16.3 Å². The third-order valence-electron chi connectivity index (χ3n) is 4.15. The maximum atomic E-state index is 2.38. The molecule has 0 atom stereocenters. The number of allylic oxidation sites excluding steroid dienone is 8. The molecular weight excluding hydrogens is 240 g/mol. The maximum absolute atomic E-state index is 2.38. The van der Waals surface area contributed by atoms with Crippen molar-refractivity contribution in [1.82, 2.24) is 0 Å². The lowest BCUT2D eigenvalue weighted by molar-refractivity contribution is 1.06. The van der Waals surface area contributed by atoms with E-state index in [0.29, 0.717) is 0 Å². The summed E-state index contributed by atoms with van der Waals surface area (Å²) in [5.74, 6) is 0. The van der Waals surface area contributed by atoms with Crippen molar-refractivity contribution in [2.24, 2.45) is 0 Å². The molecule has 0 heteroatoms. The molecule has 0 fully saturated rings. The van der Waals surface area contributed by atoms with E-state index in [9.17, 15) is 0 Å². The van der Waals surface area contributed by atoms with Crippen molar-refractivity contribution >= 4 is 16.3 Å². The first-order chi connectivity index (χ1) is 9.93. The molecule has 0 nitrogen and oxygen atoms in total. The largest absolute Gasteiger partial charge is 0.0760 e. The molecule has 0 spiro atoms. The molecule has 0 aliphatic heterocycles. The molecule has 0 N–H and O–H groups in total. The van der Waals surface area contributed by atoms with Crippen LogP contribution in [0, 0.1) is 0 Å². The van der Waals surface area contributed by atoms with E-state index in [1.807, 2.05) is 0 Å². The van der Waals surface area contributed by atoms with Crippen LogP contribution in [0.3, 0.4) is 0 Å². The van der Waals surface area contributed by atoms with Crippen LogP contribution >= 0.6 is 0 Å². The highest BCUT2D eigenvalue weighted by Crippen LogP contribution is 2.39. The summed E-state index contributed by atoms with van der Waals surface area (Å²) in [6, 6.07) is 15.2. The Labute approximate surface area is 119 Å². The minimum atomic E-state index is 1.16. The minimum absolute atomic E-state index is 1.16. The van der Waals surface area contributed by atoms with Gasteiger partial charge in [0.2, 0.25) is 0 Å². The van der Waals surface area contributed by atoms with Gasteiger partial charge in [-0.1, -0.05) is 72.8 Å². The Kier molecular flexibility index (Phi) is 2.67. The molecule has 2 aromatic rings. The van der Waals surface area contributed by atoms with Crippen LogP contribution in [0.5, 0.6) is 0 Å². The van der Waals surface area contributed by atoms with E-state index in [-0.39, 0.29) is 0 Å². The van der Waals surface area contributed by atoms with Gasteiger partial charge in [0.15, 0.2) is 0 Å². The zero-order chi connectivity index (χ0) is 13.4. The first kappa shape index (κ1) is 11.5. The molecule has 2 aliphatic carbocycles. The lowest BCUT2D eigenvalue weighted by Gasteiger charge is -2.13. The molecule has 2 aliphatic rings. The number of fused-ring (bicyclic) bond motifs is 2. The van der Waals surface area contributed by atoms with Gasteiger partial charge in [0.05, 0.1) is 0 Å². The Morgan fingerprint density at radius 2 is 1.60 bits per heavy atom. The van der Waals surface area contributed by atoms with E-state index >= 15 is 0 Å². The molecule has 0 saturated carbocycles. The molecule has 0 heterocycles. The predicted octanol–water partition coefficient (Wildman–Crippen LogP) is 5.44. The summed E-state index contributed by atoms with van der Waals surface area (Å²) in [4.78, 5) is 0. The topological polar surface area (TPSA) is 0 Å². The summed E-state index contributed by atoms with van der Waals surface area (Å²) in [5, 5.41) is 2.65. The SMILES string of the molecule is C1=CC=C(c2cccc3ccccc23)C2=CCCC2=C1. The van der Waals surface area contributed by atoms with Crippen LogP contribution in [-0.4, -0.2) is 0 Å². The number of benzene rings is 2. The van der Waals surface area contributed by atoms with E-state index in [0.717, 1.165) is 6.42 Å². The van der Waals surface area contributed by atoms with Crippen LogP contribution in [0.4, 0.5) is 0 Å². The molecule has 0 unspecified atom stereocenters. The third-order valence-corrected chi connectivity index (χ3v) is 4.15. The van der Waals surface area contributed by atoms with E-state index in [4.69, 9.17) is 0 Å². The average Bonchev–Trinajstić information content (AvgIpc) is 2.87. The standard InChI is InChI=1S/C20H16/c1-3-11-17-15(7-1)10-6-14-20(17)19-12-4-2-8-16-9-5-13-18(16)19/h1-4,6-8,10-14H,5,9H2. The third kappa shape index (κ3) is 1.77. The van der Waals surface area contributed by atoms with Crippen LogP contribution in [0.1, 0.15) is 18.4 Å². The molecule has 0 amide bonds. The van der Waals surface area contributed by atoms with Crippen molar-refractivity contribution < 1.29 is 0 Å². The van der Waals surface area contributed by atoms with Crippen molar-refractivity contribution in [3.05, 3.63) is 89.6 Å². The van der Waals surface area contributed by atoms with Gasteiger partial charge in [-0.05, 0) is 45.9 Å². The maximum Gasteiger partial charge on any atom is -0.00994 e. The second-order valence-electron chi connectivity index (χ2n) is 5.34. The van der Waals surface area contributed by atoms with Gasteiger partial charge in [0.1, 0.15) is 0 Å². The zero-order valence-electron chi connectivity index (χ0n) is 11.3. The highest BCUT2D eigenvalue weighted by molar-refractivity contribution is 5.99. The summed E-state index contributed by atoms with van der Waals surface area (Å²) in [6.45, 7) is 0. The normalized spacial score (nSPS) is 17.3. The van der Waals surface area contributed by atoms with Crippen molar-refractivity contribution in [3.63, 3.8) is 0 Å². The molecular formula is C20H16. The molecule has 20 heavy (non-hydrogen) atoms. The van der Waals surface area contributed by atoms with E-state index < -0.39 is 0 Å². The molecule has 2 aromatic carbocycles. The fourth-order valence-corrected chi connectivity index (χ4v) is 3.20. The van der Waals surface area contributed by atoms with Crippen LogP contribution in [0.15, 0.2) is 84.0 Å². The fraction of sp³-hybridized carbons (Fsp3) is 0.100. The van der Waals surface area contributed by atoms with Gasteiger partial charge < -0.3 is 0 Å². The number of rotatable bonds is 1. The van der Waals surface area contributed by atoms with Gasteiger partial charge in [-0.3, -0.25) is 0 Å². The van der Waals surface area contributed by atoms with Crippen LogP contribution in [0.2, 0.25) is 0 Å². The highest BCUT2D eigenvalue weighted by atomic mass is 14.2. The van der Waals surface area contributed by atoms with Crippen LogP contribution < -0.4 is 0 Å². The van der Waals surface area contributed by atoms with Gasteiger partial charge in [0.25, 0.3) is 0 Å². The zero-order valence-corrected chi connectivity index (χ0v) is 11.3. The lowest BCUT2D eigenvalue weighted by atomic mass is 9.91. The Morgan fingerprint density at radius 3 is 2.60 bits per heavy atom. The average molecular weight is 256 g/mol. The Balaban J connectivity index is 1.97. The quantitative estimate of drug-likeness (QED) is 0.637. The van der Waals surface area contributed by atoms with Crippen molar-refractivity contribution in [2.45, 2.75) is 12.8 Å². The van der Waals surface area contributed by atoms with Gasteiger partial charge in [-0.2, -0.15) is 0 Å². The first-order valence-electron chi connectivity index (χ1n) is 7.20. The predicted molar refractivity (Wildman–Crippen MR) is 86.5 cm³/mol. The van der Waals surface area contributed by atoms with Gasteiger partial charge >= 0.3 is 0 Å². The smallest absolute Gasteiger partial charge is 0.00994 e. The molecule has 0 bridgehead atoms. The number of hydrogen-bond donors (Lipinski definition) is 0. The summed E-state index contributed by atoms with van der Waals surface area (Å²) in [7, 11) is 0. The Morgan fingerprint density at radius 1 is 0.750 bits per heavy atom. The molecule has 96 valence electrons. The van der Waals surface area contributed by atoms with Crippen molar-refractivity contribution in [2.75, 3.05) is 0 Å². The molecule has 0 saturated heterocycles. The highest BCUT2D eigenvalue weighted by Gasteiger charge is 2.18. The second-order valence-corrected chi connectivity index (χ2v) is 5.34. The Hall–Kier alpha value is -2.34. The monoisotopic (exact) mass is 256 g/mol. The van der Waals surface area contributed by atoms with Crippen molar-refractivity contribution in [1.29, 1.82) is 0 Å². The minimum Gasteiger partial charge on any atom is -0.0760 e. The lowest BCUT2D eigenvalue weighted by Crippen LogP contribution is -1.91. The van der Waals surface area contributed by atoms with Crippen molar-refractivity contribution in [3.8, 4) is 0 Å². The second kappa shape index (κ2) is 4.64. The van der Waals surface area contributed by atoms with Crippen LogP contribution in [-0.2, 0) is 0 Å². The molecule has 0 aromatic heterocycles. The summed E-state index contributed by atoms with van der Waals surface area (Å²) in [6.07, 6.45) is 13.5. The van der Waals surface area contributed by atoms with Gasteiger partial charge in [0, 0.05) is 0 Å². The summed E-state index contributed by atoms with van der Waals surface area (Å²) < 4.78 is 0. The summed E-state index contributed by atoms with van der Waals surface area (Å²) in [5.41, 5.74) is 5.59. The number of hydrogen-bond acceptors (Lipinski definition) is 0.